The number of hydrogen-bond acceptors (Lipinski definition) is 4. The van der Waals surface area contributed by atoms with E-state index in [4.69, 9.17) is 0 Å². The Bertz CT molecular complexity index is 720. The lowest BCUT2D eigenvalue weighted by molar-refractivity contribution is 0.103. The number of halogens is 1. The van der Waals surface area contributed by atoms with Crippen molar-refractivity contribution in [3.63, 3.8) is 0 Å². The number of anilines is 1. The van der Waals surface area contributed by atoms with Crippen molar-refractivity contribution in [2.24, 2.45) is 0 Å². The minimum Gasteiger partial charge on any atom is -0.321 e. The highest BCUT2D eigenvalue weighted by Gasteiger charge is 2.12. The number of sulfone groups is 1. The molecule has 0 spiro atoms. The third-order valence-electron chi connectivity index (χ3n) is 2.65. The number of carbonyl (C=O) groups is 1. The van der Waals surface area contributed by atoms with Crippen LogP contribution in [0.4, 0.5) is 5.69 Å². The molecule has 0 atom stereocenters. The minimum atomic E-state index is -3.21. The van der Waals surface area contributed by atoms with E-state index in [2.05, 4.69) is 21.2 Å². The number of carbonyl (C=O) groups excluding carboxylic acids is 1. The minimum absolute atomic E-state index is 0.0575. The van der Waals surface area contributed by atoms with Gasteiger partial charge in [0.2, 0.25) is 0 Å². The Kier molecular flexibility index (Phi) is 4.62. The molecule has 0 saturated carbocycles. The van der Waals surface area contributed by atoms with Gasteiger partial charge in [0.25, 0.3) is 5.91 Å². The second kappa shape index (κ2) is 6.07. The van der Waals surface area contributed by atoms with E-state index in [1.807, 2.05) is 0 Å². The Morgan fingerprint density at radius 1 is 1.20 bits per heavy atom. The maximum atomic E-state index is 11.9. The predicted octanol–water partition coefficient (Wildman–Crippen LogP) is 3.56. The molecule has 0 aliphatic rings. The number of nitrogens with one attached hydrogen (secondary N) is 1. The molecule has 2 aromatic rings. The Balaban J connectivity index is 2.14. The molecular formula is C13H12BrNO3S2. The lowest BCUT2D eigenvalue weighted by Crippen LogP contribution is -2.10. The van der Waals surface area contributed by atoms with E-state index in [1.165, 1.54) is 23.5 Å². The number of hydrogen-bond donors (Lipinski definition) is 1. The molecule has 0 unspecified atom stereocenters. The lowest BCUT2D eigenvalue weighted by Gasteiger charge is -2.05. The molecule has 1 aromatic carbocycles. The molecule has 1 N–H and O–H groups in total. The first-order chi connectivity index (χ1) is 9.42. The van der Waals surface area contributed by atoms with Gasteiger partial charge in [-0.25, -0.2) is 8.42 Å². The summed E-state index contributed by atoms with van der Waals surface area (Å²) in [6.45, 7) is 1.60. The summed E-state index contributed by atoms with van der Waals surface area (Å²) in [5, 5.41) is 2.72. The molecule has 1 amide bonds. The van der Waals surface area contributed by atoms with Gasteiger partial charge in [0.05, 0.1) is 19.3 Å². The summed E-state index contributed by atoms with van der Waals surface area (Å²) < 4.78 is 24.2. The van der Waals surface area contributed by atoms with Crippen LogP contribution in [0.1, 0.15) is 16.6 Å². The molecule has 0 saturated heterocycles. The highest BCUT2D eigenvalue weighted by atomic mass is 79.9. The summed E-state index contributed by atoms with van der Waals surface area (Å²) in [5.74, 6) is -0.158. The molecule has 4 nitrogen and oxygen atoms in total. The average Bonchev–Trinajstić information content (AvgIpc) is 2.86. The maximum Gasteiger partial charge on any atom is 0.265 e. The number of rotatable bonds is 4. The predicted molar refractivity (Wildman–Crippen MR) is 84.1 cm³/mol. The second-order valence-corrected chi connectivity index (χ2v) is 8.73. The molecule has 106 valence electrons. The van der Waals surface area contributed by atoms with Crippen molar-refractivity contribution in [2.45, 2.75) is 11.8 Å². The molecule has 0 radical (unpaired) electrons. The van der Waals surface area contributed by atoms with Crippen LogP contribution in [0.25, 0.3) is 0 Å². The molecule has 1 aromatic heterocycles. The van der Waals surface area contributed by atoms with Crippen molar-refractivity contribution in [3.8, 4) is 0 Å². The third kappa shape index (κ3) is 3.47. The Morgan fingerprint density at radius 2 is 1.85 bits per heavy atom. The largest absolute Gasteiger partial charge is 0.321 e. The fraction of sp³-hybridized carbons (Fsp3) is 0.154. The van der Waals surface area contributed by atoms with Crippen molar-refractivity contribution >= 4 is 48.7 Å². The molecular weight excluding hydrogens is 362 g/mol. The van der Waals surface area contributed by atoms with Crippen molar-refractivity contribution in [3.05, 3.63) is 45.1 Å². The Morgan fingerprint density at radius 3 is 2.35 bits per heavy atom. The summed E-state index contributed by atoms with van der Waals surface area (Å²) in [4.78, 5) is 12.8. The standard InChI is InChI=1S/C13H12BrNO3S2/c1-2-20(17,18)10-5-3-9(4-6-10)15-13(16)11-7-8-12(14)19-11/h3-8H,2H2,1H3,(H,15,16). The Labute approximate surface area is 129 Å². The van der Waals surface area contributed by atoms with Gasteiger partial charge in [-0.3, -0.25) is 4.79 Å². The van der Waals surface area contributed by atoms with Crippen molar-refractivity contribution < 1.29 is 13.2 Å². The van der Waals surface area contributed by atoms with Crippen LogP contribution in [-0.2, 0) is 9.84 Å². The fourth-order valence-corrected chi connectivity index (χ4v) is 3.71. The number of thiophene rings is 1. The summed E-state index contributed by atoms with van der Waals surface area (Å²) >= 11 is 4.63. The SMILES string of the molecule is CCS(=O)(=O)c1ccc(NC(=O)c2ccc(Br)s2)cc1. The van der Waals surface area contributed by atoms with Gasteiger partial charge in [-0.2, -0.15) is 0 Å². The van der Waals surface area contributed by atoms with Crippen LogP contribution in [0, 0.1) is 0 Å². The van der Waals surface area contributed by atoms with E-state index in [1.54, 1.807) is 31.2 Å². The molecule has 0 aliphatic heterocycles. The average molecular weight is 374 g/mol. The second-order valence-electron chi connectivity index (χ2n) is 3.99. The zero-order valence-corrected chi connectivity index (χ0v) is 13.8. The molecule has 7 heteroatoms. The number of amides is 1. The molecule has 0 aliphatic carbocycles. The van der Waals surface area contributed by atoms with E-state index < -0.39 is 9.84 Å². The smallest absolute Gasteiger partial charge is 0.265 e. The first-order valence-corrected chi connectivity index (χ1v) is 9.08. The van der Waals surface area contributed by atoms with Crippen molar-refractivity contribution in [1.82, 2.24) is 0 Å². The monoisotopic (exact) mass is 373 g/mol. The van der Waals surface area contributed by atoms with Crippen molar-refractivity contribution in [2.75, 3.05) is 11.1 Å². The normalized spacial score (nSPS) is 11.3. The van der Waals surface area contributed by atoms with Crippen LogP contribution in [0.15, 0.2) is 45.1 Å². The first kappa shape index (κ1) is 15.2. The summed E-state index contributed by atoms with van der Waals surface area (Å²) in [7, 11) is -3.21. The quantitative estimate of drug-likeness (QED) is 0.890. The Hall–Kier alpha value is -1.18. The summed E-state index contributed by atoms with van der Waals surface area (Å²) in [6, 6.07) is 9.69. The van der Waals surface area contributed by atoms with Crippen LogP contribution >= 0.6 is 27.3 Å². The van der Waals surface area contributed by atoms with Gasteiger partial charge in [0.1, 0.15) is 0 Å². The van der Waals surface area contributed by atoms with Gasteiger partial charge in [-0.05, 0) is 52.3 Å². The highest BCUT2D eigenvalue weighted by molar-refractivity contribution is 9.11. The summed E-state index contributed by atoms with van der Waals surface area (Å²) in [6.07, 6.45) is 0. The topological polar surface area (TPSA) is 63.2 Å². The van der Waals surface area contributed by atoms with Gasteiger partial charge in [0.15, 0.2) is 9.84 Å². The van der Waals surface area contributed by atoms with Crippen LogP contribution in [-0.4, -0.2) is 20.1 Å². The van der Waals surface area contributed by atoms with E-state index in [9.17, 15) is 13.2 Å². The third-order valence-corrected chi connectivity index (χ3v) is 6.02. The van der Waals surface area contributed by atoms with Crippen LogP contribution in [0.2, 0.25) is 0 Å². The molecule has 20 heavy (non-hydrogen) atoms. The van der Waals surface area contributed by atoms with Gasteiger partial charge >= 0.3 is 0 Å². The first-order valence-electron chi connectivity index (χ1n) is 5.82. The van der Waals surface area contributed by atoms with E-state index in [-0.39, 0.29) is 16.6 Å². The van der Waals surface area contributed by atoms with Gasteiger partial charge < -0.3 is 5.32 Å². The molecule has 0 bridgehead atoms. The van der Waals surface area contributed by atoms with Gasteiger partial charge in [0, 0.05) is 5.69 Å². The van der Waals surface area contributed by atoms with Crippen LogP contribution in [0.5, 0.6) is 0 Å². The van der Waals surface area contributed by atoms with Crippen LogP contribution in [0.3, 0.4) is 0 Å². The lowest BCUT2D eigenvalue weighted by atomic mass is 10.3. The van der Waals surface area contributed by atoms with Crippen molar-refractivity contribution in [1.29, 1.82) is 0 Å². The zero-order valence-electron chi connectivity index (χ0n) is 10.6. The van der Waals surface area contributed by atoms with E-state index in [0.29, 0.717) is 10.6 Å². The van der Waals surface area contributed by atoms with Gasteiger partial charge in [-0.1, -0.05) is 6.92 Å². The highest BCUT2D eigenvalue weighted by Crippen LogP contribution is 2.23. The molecule has 0 fully saturated rings. The summed E-state index contributed by atoms with van der Waals surface area (Å²) in [5.41, 5.74) is 0.564. The van der Waals surface area contributed by atoms with Crippen LogP contribution < -0.4 is 5.32 Å². The zero-order chi connectivity index (χ0) is 14.8. The van der Waals surface area contributed by atoms with E-state index >= 15 is 0 Å². The number of benzene rings is 1. The van der Waals surface area contributed by atoms with Gasteiger partial charge in [-0.15, -0.1) is 11.3 Å². The molecule has 2 rings (SSSR count). The van der Waals surface area contributed by atoms with E-state index in [0.717, 1.165) is 3.79 Å². The fourth-order valence-electron chi connectivity index (χ4n) is 1.54. The molecule has 1 heterocycles. The maximum absolute atomic E-state index is 11.9.